The Labute approximate surface area is 76.4 Å². The topological polar surface area (TPSA) is 0 Å². The summed E-state index contributed by atoms with van der Waals surface area (Å²) in [7, 11) is 0. The van der Waals surface area contributed by atoms with Gasteiger partial charge >= 0.3 is 0 Å². The van der Waals surface area contributed by atoms with Gasteiger partial charge in [-0.15, -0.1) is 0 Å². The Morgan fingerprint density at radius 3 is 1.40 bits per heavy atom. The molecule has 0 aliphatic heterocycles. The molecular weight excluding hydrogens is 228 g/mol. The third-order valence-electron chi connectivity index (χ3n) is 1.36. The van der Waals surface area contributed by atoms with E-state index in [9.17, 15) is 8.78 Å². The molecule has 0 atom stereocenters. The van der Waals surface area contributed by atoms with Gasteiger partial charge in [0.25, 0.3) is 5.92 Å². The minimum atomic E-state index is -3.18. The van der Waals surface area contributed by atoms with Crippen LogP contribution in [0.2, 0.25) is 0 Å². The van der Waals surface area contributed by atoms with Gasteiger partial charge in [0.05, 0.1) is 6.42 Å². The van der Waals surface area contributed by atoms with Crippen molar-refractivity contribution in [3.8, 4) is 0 Å². The molecule has 1 rings (SSSR count). The molecule has 0 nitrogen and oxygen atoms in total. The molecular formula is C4H2Cl4F2. The van der Waals surface area contributed by atoms with Gasteiger partial charge in [-0.2, -0.15) is 0 Å². The van der Waals surface area contributed by atoms with Crippen molar-refractivity contribution in [1.29, 1.82) is 0 Å². The van der Waals surface area contributed by atoms with E-state index in [1.807, 2.05) is 0 Å². The summed E-state index contributed by atoms with van der Waals surface area (Å²) >= 11 is 20.9. The van der Waals surface area contributed by atoms with Crippen LogP contribution in [0.1, 0.15) is 6.42 Å². The molecule has 1 saturated carbocycles. The van der Waals surface area contributed by atoms with E-state index in [0.29, 0.717) is 0 Å². The molecule has 0 bridgehead atoms. The molecule has 0 aromatic carbocycles. The van der Waals surface area contributed by atoms with E-state index in [1.165, 1.54) is 0 Å². The number of alkyl halides is 6. The summed E-state index contributed by atoms with van der Waals surface area (Å²) in [6.45, 7) is 0. The quantitative estimate of drug-likeness (QED) is 0.559. The molecule has 0 heterocycles. The SMILES string of the molecule is FC1(F)CC(Cl)(Cl)C1(Cl)Cl. The van der Waals surface area contributed by atoms with Crippen LogP contribution >= 0.6 is 46.4 Å². The van der Waals surface area contributed by atoms with Gasteiger partial charge in [0, 0.05) is 0 Å². The summed E-state index contributed by atoms with van der Waals surface area (Å²) in [5, 5.41) is 0. The second-order valence-electron chi connectivity index (χ2n) is 2.16. The van der Waals surface area contributed by atoms with E-state index in [1.54, 1.807) is 0 Å². The highest BCUT2D eigenvalue weighted by Gasteiger charge is 2.75. The molecule has 1 aliphatic rings. The predicted molar refractivity (Wildman–Crippen MR) is 38.4 cm³/mol. The first-order chi connectivity index (χ1) is 4.21. The van der Waals surface area contributed by atoms with Gasteiger partial charge in [0.15, 0.2) is 4.33 Å². The maximum absolute atomic E-state index is 12.4. The Morgan fingerprint density at radius 1 is 1.00 bits per heavy atom. The van der Waals surface area contributed by atoms with E-state index in [4.69, 9.17) is 46.4 Å². The molecule has 1 fully saturated rings. The molecule has 0 aromatic heterocycles. The lowest BCUT2D eigenvalue weighted by atomic mass is 9.92. The van der Waals surface area contributed by atoms with E-state index < -0.39 is 21.0 Å². The van der Waals surface area contributed by atoms with Crippen molar-refractivity contribution < 1.29 is 8.78 Å². The predicted octanol–water partition coefficient (Wildman–Crippen LogP) is 3.37. The van der Waals surface area contributed by atoms with Gasteiger partial charge in [0.1, 0.15) is 0 Å². The molecule has 0 saturated heterocycles. The number of rotatable bonds is 0. The van der Waals surface area contributed by atoms with Crippen molar-refractivity contribution in [2.45, 2.75) is 21.0 Å². The lowest BCUT2D eigenvalue weighted by Gasteiger charge is -2.49. The summed E-state index contributed by atoms with van der Waals surface area (Å²) in [6.07, 6.45) is -0.698. The molecule has 0 unspecified atom stereocenters. The third-order valence-corrected chi connectivity index (χ3v) is 3.78. The van der Waals surface area contributed by atoms with Crippen molar-refractivity contribution in [2.75, 3.05) is 0 Å². The second kappa shape index (κ2) is 2.03. The lowest BCUT2D eigenvalue weighted by molar-refractivity contribution is -0.0892. The molecule has 0 N–H and O–H groups in total. The summed E-state index contributed by atoms with van der Waals surface area (Å²) in [6, 6.07) is 0. The average Bonchev–Trinajstić information content (AvgIpc) is 1.61. The fourth-order valence-corrected chi connectivity index (χ4v) is 1.54. The summed E-state index contributed by atoms with van der Waals surface area (Å²) in [5.74, 6) is -3.18. The molecule has 0 radical (unpaired) electrons. The van der Waals surface area contributed by atoms with Crippen LogP contribution in [-0.4, -0.2) is 14.6 Å². The first-order valence-corrected chi connectivity index (χ1v) is 3.85. The van der Waals surface area contributed by atoms with Crippen LogP contribution in [0.15, 0.2) is 0 Å². The normalized spacial score (nSPS) is 33.0. The zero-order valence-corrected chi connectivity index (χ0v) is 7.50. The standard InChI is InChI=1S/C4H2Cl4F2/c5-2(6)1-3(9,10)4(2,7)8/h1H2. The minimum Gasteiger partial charge on any atom is -0.203 e. The Hall–Kier alpha value is 1.02. The van der Waals surface area contributed by atoms with E-state index in [-0.39, 0.29) is 0 Å². The van der Waals surface area contributed by atoms with Crippen LogP contribution in [0.25, 0.3) is 0 Å². The van der Waals surface area contributed by atoms with Crippen molar-refractivity contribution in [3.63, 3.8) is 0 Å². The van der Waals surface area contributed by atoms with Crippen molar-refractivity contribution in [2.24, 2.45) is 0 Å². The highest BCUT2D eigenvalue weighted by Crippen LogP contribution is 2.65. The molecule has 6 heteroatoms. The zero-order chi connectivity index (χ0) is 8.21. The number of halogens is 6. The molecule has 60 valence electrons. The fourth-order valence-electron chi connectivity index (χ4n) is 0.662. The zero-order valence-electron chi connectivity index (χ0n) is 4.47. The molecule has 0 aromatic rings. The molecule has 0 spiro atoms. The average molecular weight is 230 g/mol. The van der Waals surface area contributed by atoms with Gasteiger partial charge in [-0.3, -0.25) is 0 Å². The van der Waals surface area contributed by atoms with E-state index in [2.05, 4.69) is 0 Å². The van der Waals surface area contributed by atoms with Crippen LogP contribution in [0.4, 0.5) is 8.78 Å². The highest BCUT2D eigenvalue weighted by molar-refractivity contribution is 6.64. The van der Waals surface area contributed by atoms with Gasteiger partial charge in [-0.25, -0.2) is 8.78 Å². The minimum absolute atomic E-state index is 0.698. The Kier molecular flexibility index (Phi) is 1.85. The Balaban J connectivity index is 2.85. The largest absolute Gasteiger partial charge is 0.286 e. The van der Waals surface area contributed by atoms with Crippen molar-refractivity contribution in [3.05, 3.63) is 0 Å². The maximum Gasteiger partial charge on any atom is 0.286 e. The molecule has 0 amide bonds. The second-order valence-corrected chi connectivity index (χ2v) is 4.97. The van der Waals surface area contributed by atoms with Crippen molar-refractivity contribution in [1.82, 2.24) is 0 Å². The summed E-state index contributed by atoms with van der Waals surface area (Å²) in [5.41, 5.74) is 0. The highest BCUT2D eigenvalue weighted by atomic mass is 35.5. The summed E-state index contributed by atoms with van der Waals surface area (Å²) in [4.78, 5) is 0. The van der Waals surface area contributed by atoms with Gasteiger partial charge in [0.2, 0.25) is 4.33 Å². The first kappa shape index (κ1) is 9.11. The number of hydrogen-bond acceptors (Lipinski definition) is 0. The summed E-state index contributed by atoms with van der Waals surface area (Å²) < 4.78 is 20.7. The fraction of sp³-hybridized carbons (Fsp3) is 1.00. The molecule has 1 aliphatic carbocycles. The maximum atomic E-state index is 12.4. The third kappa shape index (κ3) is 0.927. The first-order valence-electron chi connectivity index (χ1n) is 2.34. The monoisotopic (exact) mass is 228 g/mol. The van der Waals surface area contributed by atoms with Gasteiger partial charge in [-0.1, -0.05) is 46.4 Å². The number of hydrogen-bond donors (Lipinski definition) is 0. The molecule has 10 heavy (non-hydrogen) atoms. The van der Waals surface area contributed by atoms with Crippen LogP contribution in [0.5, 0.6) is 0 Å². The van der Waals surface area contributed by atoms with Crippen LogP contribution in [0, 0.1) is 0 Å². The smallest absolute Gasteiger partial charge is 0.203 e. The van der Waals surface area contributed by atoms with E-state index >= 15 is 0 Å². The van der Waals surface area contributed by atoms with Gasteiger partial charge < -0.3 is 0 Å². The van der Waals surface area contributed by atoms with Crippen molar-refractivity contribution >= 4 is 46.4 Å². The van der Waals surface area contributed by atoms with E-state index in [0.717, 1.165) is 0 Å². The Morgan fingerprint density at radius 2 is 1.40 bits per heavy atom. The Bertz CT molecular complexity index is 149. The van der Waals surface area contributed by atoms with Gasteiger partial charge in [-0.05, 0) is 0 Å². The van der Waals surface area contributed by atoms with Crippen LogP contribution in [-0.2, 0) is 0 Å². The van der Waals surface area contributed by atoms with Crippen LogP contribution < -0.4 is 0 Å². The lowest BCUT2D eigenvalue weighted by Crippen LogP contribution is -2.64. The van der Waals surface area contributed by atoms with Crippen LogP contribution in [0.3, 0.4) is 0 Å².